The standard InChI is InChI=1S/C17H20ClNO4/c1-6-8-13(18)15(11(2)3)19(12(4)17(21)22-5)16(20)14-9-7-10-23-14/h6-10,12H,2H2,1,3-5H3/b8-6-,15-13-. The van der Waals surface area contributed by atoms with E-state index in [1.54, 1.807) is 39.0 Å². The Morgan fingerprint density at radius 1 is 1.48 bits per heavy atom. The van der Waals surface area contributed by atoms with Gasteiger partial charge in [-0.2, -0.15) is 0 Å². The maximum Gasteiger partial charge on any atom is 0.328 e. The van der Waals surface area contributed by atoms with E-state index in [4.69, 9.17) is 20.8 Å². The van der Waals surface area contributed by atoms with Gasteiger partial charge in [0.15, 0.2) is 5.76 Å². The minimum absolute atomic E-state index is 0.0875. The zero-order valence-electron chi connectivity index (χ0n) is 13.6. The number of carbonyl (C=O) groups is 2. The highest BCUT2D eigenvalue weighted by Crippen LogP contribution is 2.27. The van der Waals surface area contributed by atoms with E-state index in [1.165, 1.54) is 24.3 Å². The highest BCUT2D eigenvalue weighted by Gasteiger charge is 2.33. The van der Waals surface area contributed by atoms with E-state index < -0.39 is 17.9 Å². The van der Waals surface area contributed by atoms with Crippen LogP contribution in [0.15, 0.2) is 57.8 Å². The lowest BCUT2D eigenvalue weighted by atomic mass is 10.1. The van der Waals surface area contributed by atoms with Gasteiger partial charge < -0.3 is 9.15 Å². The second-order valence-corrected chi connectivity index (χ2v) is 5.24. The summed E-state index contributed by atoms with van der Waals surface area (Å²) in [5.41, 5.74) is 0.868. The lowest BCUT2D eigenvalue weighted by molar-refractivity contribution is -0.144. The fraction of sp³-hybridized carbons (Fsp3) is 0.294. The first-order chi connectivity index (χ1) is 10.8. The monoisotopic (exact) mass is 337 g/mol. The summed E-state index contributed by atoms with van der Waals surface area (Å²) in [5, 5.41) is 0.288. The van der Waals surface area contributed by atoms with Gasteiger partial charge in [0.25, 0.3) is 5.91 Å². The van der Waals surface area contributed by atoms with Crippen molar-refractivity contribution in [3.63, 3.8) is 0 Å². The molecule has 0 aliphatic rings. The SMILES string of the molecule is C=C(C)/C(=C(Cl)\C=C/C)N(C(=O)c1ccco1)C(C)C(=O)OC. The van der Waals surface area contributed by atoms with Crippen molar-refractivity contribution >= 4 is 23.5 Å². The lowest BCUT2D eigenvalue weighted by Crippen LogP contribution is -2.43. The average Bonchev–Trinajstić information content (AvgIpc) is 3.04. The van der Waals surface area contributed by atoms with Crippen LogP contribution in [0.4, 0.5) is 0 Å². The first-order valence-electron chi connectivity index (χ1n) is 6.98. The van der Waals surface area contributed by atoms with Crippen LogP contribution in [0.2, 0.25) is 0 Å². The molecule has 6 heteroatoms. The van der Waals surface area contributed by atoms with Crippen molar-refractivity contribution in [3.05, 3.63) is 59.2 Å². The smallest absolute Gasteiger partial charge is 0.328 e. The molecule has 0 radical (unpaired) electrons. The summed E-state index contributed by atoms with van der Waals surface area (Å²) < 4.78 is 9.91. The van der Waals surface area contributed by atoms with Gasteiger partial charge in [0.1, 0.15) is 6.04 Å². The number of allylic oxidation sites excluding steroid dienone is 4. The molecule has 0 aliphatic heterocycles. The van der Waals surface area contributed by atoms with Crippen molar-refractivity contribution in [1.82, 2.24) is 4.90 Å². The summed E-state index contributed by atoms with van der Waals surface area (Å²) in [7, 11) is 1.26. The van der Waals surface area contributed by atoms with E-state index in [2.05, 4.69) is 6.58 Å². The number of hydrogen-bond acceptors (Lipinski definition) is 4. The molecule has 0 aromatic carbocycles. The number of methoxy groups -OCH3 is 1. The quantitative estimate of drug-likeness (QED) is 0.583. The van der Waals surface area contributed by atoms with Crippen LogP contribution in [0.5, 0.6) is 0 Å². The van der Waals surface area contributed by atoms with Gasteiger partial charge in [0.05, 0.1) is 24.1 Å². The Bertz CT molecular complexity index is 644. The lowest BCUT2D eigenvalue weighted by Gasteiger charge is -2.30. The van der Waals surface area contributed by atoms with E-state index >= 15 is 0 Å². The van der Waals surface area contributed by atoms with Crippen LogP contribution in [-0.2, 0) is 9.53 Å². The average molecular weight is 338 g/mol. The van der Waals surface area contributed by atoms with Crippen LogP contribution in [0.1, 0.15) is 31.3 Å². The molecule has 0 saturated heterocycles. The molecule has 0 spiro atoms. The minimum atomic E-state index is -0.900. The van der Waals surface area contributed by atoms with Crippen molar-refractivity contribution in [2.24, 2.45) is 0 Å². The Hall–Kier alpha value is -2.27. The molecule has 0 aliphatic carbocycles. The maximum absolute atomic E-state index is 12.8. The summed E-state index contributed by atoms with van der Waals surface area (Å²) in [5.74, 6) is -0.994. The molecule has 124 valence electrons. The molecule has 0 N–H and O–H groups in total. The molecule has 23 heavy (non-hydrogen) atoms. The topological polar surface area (TPSA) is 59.8 Å². The third kappa shape index (κ3) is 4.36. The largest absolute Gasteiger partial charge is 0.467 e. The Kier molecular flexibility index (Phi) is 6.85. The summed E-state index contributed by atoms with van der Waals surface area (Å²) in [6.45, 7) is 8.90. The molecule has 1 heterocycles. The van der Waals surface area contributed by atoms with E-state index in [-0.39, 0.29) is 10.8 Å². The zero-order valence-corrected chi connectivity index (χ0v) is 14.4. The number of furan rings is 1. The Morgan fingerprint density at radius 3 is 2.57 bits per heavy atom. The van der Waals surface area contributed by atoms with Gasteiger partial charge in [-0.25, -0.2) is 4.79 Å². The molecular formula is C17H20ClNO4. The fourth-order valence-corrected chi connectivity index (χ4v) is 2.39. The second-order valence-electron chi connectivity index (χ2n) is 4.83. The second kappa shape index (κ2) is 8.39. The number of amides is 1. The van der Waals surface area contributed by atoms with Crippen LogP contribution in [-0.4, -0.2) is 29.9 Å². The number of hydrogen-bond donors (Lipinski definition) is 0. The maximum atomic E-state index is 12.8. The summed E-state index contributed by atoms with van der Waals surface area (Å²) >= 11 is 6.29. The van der Waals surface area contributed by atoms with Crippen LogP contribution >= 0.6 is 11.6 Å². The van der Waals surface area contributed by atoms with Gasteiger partial charge in [0.2, 0.25) is 0 Å². The van der Waals surface area contributed by atoms with Crippen molar-refractivity contribution in [1.29, 1.82) is 0 Å². The molecule has 1 unspecified atom stereocenters. The van der Waals surface area contributed by atoms with Crippen molar-refractivity contribution < 1.29 is 18.7 Å². The Morgan fingerprint density at radius 2 is 2.13 bits per heavy atom. The third-order valence-electron chi connectivity index (χ3n) is 3.06. The predicted molar refractivity (Wildman–Crippen MR) is 88.9 cm³/mol. The highest BCUT2D eigenvalue weighted by atomic mass is 35.5. The van der Waals surface area contributed by atoms with Crippen LogP contribution < -0.4 is 0 Å². The first-order valence-corrected chi connectivity index (χ1v) is 7.36. The van der Waals surface area contributed by atoms with Gasteiger partial charge >= 0.3 is 5.97 Å². The summed E-state index contributed by atoms with van der Waals surface area (Å²) in [6, 6.07) is 2.20. The summed E-state index contributed by atoms with van der Waals surface area (Å²) in [4.78, 5) is 26.0. The van der Waals surface area contributed by atoms with Gasteiger partial charge in [-0.3, -0.25) is 9.69 Å². The van der Waals surface area contributed by atoms with Gasteiger partial charge in [-0.1, -0.05) is 24.3 Å². The molecule has 1 aromatic rings. The van der Waals surface area contributed by atoms with Crippen molar-refractivity contribution in [3.8, 4) is 0 Å². The third-order valence-corrected chi connectivity index (χ3v) is 3.37. The molecular weight excluding hydrogens is 318 g/mol. The number of nitrogens with zero attached hydrogens (tertiary/aromatic N) is 1. The van der Waals surface area contributed by atoms with E-state index in [0.717, 1.165) is 0 Å². The highest BCUT2D eigenvalue weighted by molar-refractivity contribution is 6.32. The van der Waals surface area contributed by atoms with Crippen molar-refractivity contribution in [2.45, 2.75) is 26.8 Å². The van der Waals surface area contributed by atoms with Gasteiger partial charge in [-0.05, 0) is 44.6 Å². The minimum Gasteiger partial charge on any atom is -0.467 e. The van der Waals surface area contributed by atoms with Crippen molar-refractivity contribution in [2.75, 3.05) is 7.11 Å². The Labute approximate surface area is 140 Å². The van der Waals surface area contributed by atoms with Crippen LogP contribution in [0.25, 0.3) is 0 Å². The molecule has 0 fully saturated rings. The molecule has 0 bridgehead atoms. The first kappa shape index (κ1) is 18.8. The van der Waals surface area contributed by atoms with Crippen LogP contribution in [0, 0.1) is 0 Å². The molecule has 1 rings (SSSR count). The molecule has 1 atom stereocenters. The Balaban J connectivity index is 3.49. The van der Waals surface area contributed by atoms with Gasteiger partial charge in [-0.15, -0.1) is 0 Å². The molecule has 1 amide bonds. The number of halogens is 1. The number of rotatable bonds is 6. The van der Waals surface area contributed by atoms with Crippen LogP contribution in [0.3, 0.4) is 0 Å². The van der Waals surface area contributed by atoms with E-state index in [0.29, 0.717) is 11.3 Å². The normalized spacial score (nSPS) is 13.4. The van der Waals surface area contributed by atoms with E-state index in [1.807, 2.05) is 0 Å². The predicted octanol–water partition coefficient (Wildman–Crippen LogP) is 3.89. The fourth-order valence-electron chi connectivity index (χ4n) is 2.02. The number of esters is 1. The summed E-state index contributed by atoms with van der Waals surface area (Å²) in [6.07, 6.45) is 4.73. The number of ether oxygens (including phenoxy) is 1. The van der Waals surface area contributed by atoms with E-state index in [9.17, 15) is 9.59 Å². The molecule has 1 aromatic heterocycles. The zero-order chi connectivity index (χ0) is 17.6. The molecule has 5 nitrogen and oxygen atoms in total. The molecule has 0 saturated carbocycles. The number of carbonyl (C=O) groups excluding carboxylic acids is 2. The van der Waals surface area contributed by atoms with Gasteiger partial charge in [0, 0.05) is 0 Å².